The van der Waals surface area contributed by atoms with Crippen LogP contribution in [-0.4, -0.2) is 30.6 Å². The Morgan fingerprint density at radius 1 is 1.32 bits per heavy atom. The first-order chi connectivity index (χ1) is 9.18. The van der Waals surface area contributed by atoms with Gasteiger partial charge >= 0.3 is 5.97 Å². The summed E-state index contributed by atoms with van der Waals surface area (Å²) in [7, 11) is 1.80. The Labute approximate surface area is 108 Å². The molecule has 0 saturated carbocycles. The second-order valence-corrected chi connectivity index (χ2v) is 4.07. The van der Waals surface area contributed by atoms with Gasteiger partial charge in [-0.2, -0.15) is 0 Å². The Morgan fingerprint density at radius 3 is 2.84 bits per heavy atom. The van der Waals surface area contributed by atoms with Crippen LogP contribution in [0.4, 0.5) is 0 Å². The van der Waals surface area contributed by atoms with E-state index in [-0.39, 0.29) is 5.56 Å². The van der Waals surface area contributed by atoms with E-state index in [0.717, 1.165) is 5.56 Å². The van der Waals surface area contributed by atoms with Gasteiger partial charge in [-0.1, -0.05) is 0 Å². The molecular weight excluding hydrogens is 244 g/mol. The molecule has 94 valence electrons. The summed E-state index contributed by atoms with van der Waals surface area (Å²) in [6, 6.07) is 5.12. The SMILES string of the molecule is Cn1c(-c2cccnc2)nc2c(C(=O)O)ccnc21. The highest BCUT2D eigenvalue weighted by Crippen LogP contribution is 2.23. The molecule has 0 bridgehead atoms. The second-order valence-electron chi connectivity index (χ2n) is 4.07. The number of imidazole rings is 1. The molecule has 3 heterocycles. The zero-order valence-electron chi connectivity index (χ0n) is 10.1. The van der Waals surface area contributed by atoms with Crippen molar-refractivity contribution in [1.82, 2.24) is 19.5 Å². The Morgan fingerprint density at radius 2 is 2.16 bits per heavy atom. The molecule has 0 spiro atoms. The maximum absolute atomic E-state index is 11.2. The van der Waals surface area contributed by atoms with Gasteiger partial charge in [0.15, 0.2) is 5.65 Å². The molecule has 0 aliphatic heterocycles. The Hall–Kier alpha value is -2.76. The molecule has 0 aliphatic rings. The van der Waals surface area contributed by atoms with Crippen molar-refractivity contribution in [3.63, 3.8) is 0 Å². The number of nitrogens with zero attached hydrogens (tertiary/aromatic N) is 4. The minimum Gasteiger partial charge on any atom is -0.478 e. The average molecular weight is 254 g/mol. The second kappa shape index (κ2) is 4.16. The standard InChI is InChI=1S/C13H10N4O2/c1-17-11(8-3-2-5-14-7-8)16-10-9(13(18)19)4-6-15-12(10)17/h2-7H,1H3,(H,18,19). The predicted octanol–water partition coefficient (Wildman–Crippen LogP) is 1.73. The van der Waals surface area contributed by atoms with Gasteiger partial charge in [0, 0.05) is 31.2 Å². The number of hydrogen-bond donors (Lipinski definition) is 1. The summed E-state index contributed by atoms with van der Waals surface area (Å²) in [5.41, 5.74) is 1.89. The van der Waals surface area contributed by atoms with Crippen LogP contribution in [0.5, 0.6) is 0 Å². The quantitative estimate of drug-likeness (QED) is 0.753. The van der Waals surface area contributed by atoms with E-state index in [1.807, 2.05) is 6.07 Å². The normalized spacial score (nSPS) is 10.8. The summed E-state index contributed by atoms with van der Waals surface area (Å²) in [6.07, 6.45) is 4.83. The van der Waals surface area contributed by atoms with Gasteiger partial charge in [-0.15, -0.1) is 0 Å². The summed E-state index contributed by atoms with van der Waals surface area (Å²) in [4.78, 5) is 23.8. The Kier molecular flexibility index (Phi) is 2.49. The molecule has 3 rings (SSSR count). The molecule has 0 radical (unpaired) electrons. The van der Waals surface area contributed by atoms with E-state index in [1.165, 1.54) is 12.3 Å². The summed E-state index contributed by atoms with van der Waals surface area (Å²) in [6.45, 7) is 0. The molecular formula is C13H10N4O2. The smallest absolute Gasteiger partial charge is 0.338 e. The fourth-order valence-corrected chi connectivity index (χ4v) is 2.01. The number of fused-ring (bicyclic) bond motifs is 1. The minimum atomic E-state index is -1.01. The van der Waals surface area contributed by atoms with E-state index in [4.69, 9.17) is 5.11 Å². The first-order valence-electron chi connectivity index (χ1n) is 5.63. The molecule has 0 atom stereocenters. The van der Waals surface area contributed by atoms with Crippen LogP contribution in [-0.2, 0) is 7.05 Å². The molecule has 0 saturated heterocycles. The largest absolute Gasteiger partial charge is 0.478 e. The van der Waals surface area contributed by atoms with E-state index in [0.29, 0.717) is 17.0 Å². The molecule has 19 heavy (non-hydrogen) atoms. The predicted molar refractivity (Wildman–Crippen MR) is 68.7 cm³/mol. The highest BCUT2D eigenvalue weighted by Gasteiger charge is 2.17. The van der Waals surface area contributed by atoms with Gasteiger partial charge in [-0.3, -0.25) is 4.98 Å². The summed E-state index contributed by atoms with van der Waals surface area (Å²) < 4.78 is 1.76. The Bertz CT molecular complexity index is 765. The van der Waals surface area contributed by atoms with Gasteiger partial charge in [0.1, 0.15) is 11.3 Å². The van der Waals surface area contributed by atoms with Crippen LogP contribution < -0.4 is 0 Å². The molecule has 6 nitrogen and oxygen atoms in total. The highest BCUT2D eigenvalue weighted by molar-refractivity contribution is 6.00. The lowest BCUT2D eigenvalue weighted by molar-refractivity contribution is 0.0699. The third kappa shape index (κ3) is 1.74. The number of aromatic nitrogens is 4. The topological polar surface area (TPSA) is 80.9 Å². The van der Waals surface area contributed by atoms with Crippen molar-refractivity contribution < 1.29 is 9.90 Å². The van der Waals surface area contributed by atoms with Crippen LogP contribution in [0.15, 0.2) is 36.8 Å². The van der Waals surface area contributed by atoms with Crippen molar-refractivity contribution >= 4 is 17.1 Å². The summed E-state index contributed by atoms with van der Waals surface area (Å²) in [5.74, 6) is -0.368. The molecule has 3 aromatic heterocycles. The minimum absolute atomic E-state index is 0.149. The number of aromatic carboxylic acids is 1. The lowest BCUT2D eigenvalue weighted by Gasteiger charge is -2.00. The van der Waals surface area contributed by atoms with Gasteiger partial charge in [0.2, 0.25) is 0 Å². The van der Waals surface area contributed by atoms with Gasteiger partial charge in [0.25, 0.3) is 0 Å². The number of carbonyl (C=O) groups is 1. The van der Waals surface area contributed by atoms with Crippen LogP contribution in [0.25, 0.3) is 22.6 Å². The van der Waals surface area contributed by atoms with Crippen molar-refractivity contribution in [2.45, 2.75) is 0 Å². The van der Waals surface area contributed by atoms with Crippen LogP contribution in [0.2, 0.25) is 0 Å². The van der Waals surface area contributed by atoms with E-state index in [1.54, 1.807) is 30.1 Å². The maximum atomic E-state index is 11.2. The van der Waals surface area contributed by atoms with Gasteiger partial charge in [-0.25, -0.2) is 14.8 Å². The maximum Gasteiger partial charge on any atom is 0.338 e. The van der Waals surface area contributed by atoms with Gasteiger partial charge < -0.3 is 9.67 Å². The van der Waals surface area contributed by atoms with Gasteiger partial charge in [-0.05, 0) is 18.2 Å². The number of carboxylic acid groups (broad SMARTS) is 1. The van der Waals surface area contributed by atoms with E-state index < -0.39 is 5.97 Å². The van der Waals surface area contributed by atoms with E-state index in [2.05, 4.69) is 15.0 Å². The molecule has 0 fully saturated rings. The molecule has 3 aromatic rings. The number of rotatable bonds is 2. The fourth-order valence-electron chi connectivity index (χ4n) is 2.01. The number of hydrogen-bond acceptors (Lipinski definition) is 4. The zero-order chi connectivity index (χ0) is 13.4. The fraction of sp³-hybridized carbons (Fsp3) is 0.0769. The molecule has 0 aliphatic carbocycles. The van der Waals surface area contributed by atoms with Crippen molar-refractivity contribution in [1.29, 1.82) is 0 Å². The van der Waals surface area contributed by atoms with Crippen LogP contribution in [0.1, 0.15) is 10.4 Å². The Balaban J connectivity index is 2.32. The van der Waals surface area contributed by atoms with Crippen LogP contribution in [0.3, 0.4) is 0 Å². The zero-order valence-corrected chi connectivity index (χ0v) is 10.1. The van der Waals surface area contributed by atoms with E-state index >= 15 is 0 Å². The number of carboxylic acids is 1. The summed E-state index contributed by atoms with van der Waals surface area (Å²) in [5, 5.41) is 9.16. The van der Waals surface area contributed by atoms with Crippen molar-refractivity contribution in [2.24, 2.45) is 7.05 Å². The van der Waals surface area contributed by atoms with Crippen molar-refractivity contribution in [3.8, 4) is 11.4 Å². The molecule has 0 unspecified atom stereocenters. The number of aryl methyl sites for hydroxylation is 1. The molecule has 0 aromatic carbocycles. The monoisotopic (exact) mass is 254 g/mol. The molecule has 6 heteroatoms. The van der Waals surface area contributed by atoms with Crippen molar-refractivity contribution in [2.75, 3.05) is 0 Å². The first-order valence-corrected chi connectivity index (χ1v) is 5.63. The van der Waals surface area contributed by atoms with Crippen LogP contribution >= 0.6 is 0 Å². The van der Waals surface area contributed by atoms with E-state index in [9.17, 15) is 4.79 Å². The molecule has 1 N–H and O–H groups in total. The van der Waals surface area contributed by atoms with Crippen LogP contribution in [0, 0.1) is 0 Å². The highest BCUT2D eigenvalue weighted by atomic mass is 16.4. The molecule has 0 amide bonds. The van der Waals surface area contributed by atoms with Gasteiger partial charge in [0.05, 0.1) is 5.56 Å². The third-order valence-corrected chi connectivity index (χ3v) is 2.91. The lowest BCUT2D eigenvalue weighted by atomic mass is 10.2. The number of pyridine rings is 2. The lowest BCUT2D eigenvalue weighted by Crippen LogP contribution is -1.98. The van der Waals surface area contributed by atoms with Crippen molar-refractivity contribution in [3.05, 3.63) is 42.4 Å². The first kappa shape index (κ1) is 11.3. The average Bonchev–Trinajstić information content (AvgIpc) is 2.77. The third-order valence-electron chi connectivity index (χ3n) is 2.91. The summed E-state index contributed by atoms with van der Waals surface area (Å²) >= 11 is 0.